The summed E-state index contributed by atoms with van der Waals surface area (Å²) in [6.45, 7) is 7.45. The van der Waals surface area contributed by atoms with Gasteiger partial charge in [0.15, 0.2) is 0 Å². The Balaban J connectivity index is 1.77. The number of nitrogens with zero attached hydrogens (tertiary/aromatic N) is 3. The zero-order valence-corrected chi connectivity index (χ0v) is 12.9. The molecule has 1 unspecified atom stereocenters. The van der Waals surface area contributed by atoms with Crippen LogP contribution in [0.3, 0.4) is 0 Å². The summed E-state index contributed by atoms with van der Waals surface area (Å²) >= 11 is 0. The summed E-state index contributed by atoms with van der Waals surface area (Å²) < 4.78 is 2.26. The predicted octanol–water partition coefficient (Wildman–Crippen LogP) is 1.88. The second kappa shape index (κ2) is 6.00. The maximum Gasteiger partial charge on any atom is 0.122 e. The van der Waals surface area contributed by atoms with E-state index in [0.29, 0.717) is 0 Å². The van der Waals surface area contributed by atoms with Gasteiger partial charge < -0.3 is 9.88 Å². The van der Waals surface area contributed by atoms with Crippen molar-refractivity contribution < 1.29 is 0 Å². The first kappa shape index (κ1) is 14.3. The Labute approximate surface area is 126 Å². The fourth-order valence-electron chi connectivity index (χ4n) is 3.33. The van der Waals surface area contributed by atoms with Gasteiger partial charge in [-0.15, -0.1) is 0 Å². The van der Waals surface area contributed by atoms with E-state index in [9.17, 15) is 0 Å². The van der Waals surface area contributed by atoms with Gasteiger partial charge in [-0.25, -0.2) is 4.98 Å². The van der Waals surface area contributed by atoms with Gasteiger partial charge in [-0.3, -0.25) is 4.90 Å². The number of rotatable bonds is 5. The fraction of sp³-hybridized carbons (Fsp3) is 0.471. The molecule has 1 aromatic carbocycles. The van der Waals surface area contributed by atoms with Crippen LogP contribution in [0.15, 0.2) is 42.7 Å². The minimum Gasteiger partial charge on any atom is -0.333 e. The molecule has 2 heterocycles. The fourth-order valence-corrected chi connectivity index (χ4v) is 3.33. The average molecular weight is 284 g/mol. The van der Waals surface area contributed by atoms with Crippen molar-refractivity contribution in [3.8, 4) is 0 Å². The van der Waals surface area contributed by atoms with E-state index in [1.165, 1.54) is 11.4 Å². The molecule has 1 aliphatic rings. The number of aromatic nitrogens is 2. The topological polar surface area (TPSA) is 33.1 Å². The highest BCUT2D eigenvalue weighted by atomic mass is 15.2. The van der Waals surface area contributed by atoms with Gasteiger partial charge in [-0.2, -0.15) is 0 Å². The molecule has 4 nitrogen and oxygen atoms in total. The van der Waals surface area contributed by atoms with Crippen LogP contribution in [0.2, 0.25) is 0 Å². The Morgan fingerprint density at radius 2 is 2.05 bits per heavy atom. The monoisotopic (exact) mass is 284 g/mol. The lowest BCUT2D eigenvalue weighted by Gasteiger charge is -2.37. The van der Waals surface area contributed by atoms with Crippen LogP contribution in [-0.4, -0.2) is 41.1 Å². The van der Waals surface area contributed by atoms with Crippen LogP contribution >= 0.6 is 0 Å². The lowest BCUT2D eigenvalue weighted by molar-refractivity contribution is 0.172. The first-order valence-corrected chi connectivity index (χ1v) is 7.64. The molecule has 112 valence electrons. The molecule has 0 radical (unpaired) electrons. The smallest absolute Gasteiger partial charge is 0.122 e. The van der Waals surface area contributed by atoms with Gasteiger partial charge in [0.05, 0.1) is 6.54 Å². The van der Waals surface area contributed by atoms with Gasteiger partial charge >= 0.3 is 0 Å². The molecule has 0 amide bonds. The van der Waals surface area contributed by atoms with Crippen LogP contribution in [0, 0.1) is 0 Å². The normalized spacial score (nSPS) is 18.2. The van der Waals surface area contributed by atoms with Crippen molar-refractivity contribution in [2.75, 3.05) is 26.7 Å². The molecular weight excluding hydrogens is 260 g/mol. The largest absolute Gasteiger partial charge is 0.333 e. The lowest BCUT2D eigenvalue weighted by Crippen LogP contribution is -2.47. The number of hydrogen-bond acceptors (Lipinski definition) is 3. The van der Waals surface area contributed by atoms with Crippen molar-refractivity contribution in [2.24, 2.45) is 0 Å². The number of nitrogens with one attached hydrogen (secondary N) is 1. The summed E-state index contributed by atoms with van der Waals surface area (Å²) in [5.74, 6) is 1.18. The summed E-state index contributed by atoms with van der Waals surface area (Å²) in [6, 6.07) is 10.8. The zero-order valence-electron chi connectivity index (χ0n) is 12.9. The minimum absolute atomic E-state index is 0.116. The average Bonchev–Trinajstić information content (AvgIpc) is 2.96. The van der Waals surface area contributed by atoms with E-state index < -0.39 is 0 Å². The Bertz CT molecular complexity index is 577. The van der Waals surface area contributed by atoms with Crippen molar-refractivity contribution in [3.05, 3.63) is 54.1 Å². The number of imidazole rings is 1. The summed E-state index contributed by atoms with van der Waals surface area (Å²) in [6.07, 6.45) is 3.99. The SMILES string of the molecule is CNCC(C)(CN1CCn2ccnc2C1)c1ccccc1. The van der Waals surface area contributed by atoms with Crippen LogP contribution in [0.25, 0.3) is 0 Å². The molecule has 0 saturated heterocycles. The van der Waals surface area contributed by atoms with E-state index in [-0.39, 0.29) is 5.41 Å². The van der Waals surface area contributed by atoms with Gasteiger partial charge in [0.1, 0.15) is 5.82 Å². The molecule has 0 bridgehead atoms. The summed E-state index contributed by atoms with van der Waals surface area (Å²) in [7, 11) is 2.03. The highest BCUT2D eigenvalue weighted by Crippen LogP contribution is 2.26. The quantitative estimate of drug-likeness (QED) is 0.910. The van der Waals surface area contributed by atoms with Crippen LogP contribution in [-0.2, 0) is 18.5 Å². The van der Waals surface area contributed by atoms with Crippen LogP contribution in [0.4, 0.5) is 0 Å². The molecule has 0 saturated carbocycles. The summed E-state index contributed by atoms with van der Waals surface area (Å²) in [5.41, 5.74) is 1.51. The molecule has 3 rings (SSSR count). The number of benzene rings is 1. The van der Waals surface area contributed by atoms with Crippen LogP contribution in [0.1, 0.15) is 18.3 Å². The second-order valence-electron chi connectivity index (χ2n) is 6.20. The third-order valence-electron chi connectivity index (χ3n) is 4.43. The first-order valence-electron chi connectivity index (χ1n) is 7.64. The molecule has 1 atom stereocenters. The summed E-state index contributed by atoms with van der Waals surface area (Å²) in [4.78, 5) is 6.98. The van der Waals surface area contributed by atoms with Crippen LogP contribution < -0.4 is 5.32 Å². The molecule has 2 aromatic rings. The van der Waals surface area contributed by atoms with Crippen molar-refractivity contribution in [3.63, 3.8) is 0 Å². The molecule has 21 heavy (non-hydrogen) atoms. The van der Waals surface area contributed by atoms with Crippen LogP contribution in [0.5, 0.6) is 0 Å². The number of hydrogen-bond donors (Lipinski definition) is 1. The number of fused-ring (bicyclic) bond motifs is 1. The van der Waals surface area contributed by atoms with E-state index in [1.54, 1.807) is 0 Å². The summed E-state index contributed by atoms with van der Waals surface area (Å²) in [5, 5.41) is 3.36. The van der Waals surface area contributed by atoms with Gasteiger partial charge in [-0.1, -0.05) is 37.3 Å². The second-order valence-corrected chi connectivity index (χ2v) is 6.20. The Hall–Kier alpha value is -1.65. The van der Waals surface area contributed by atoms with Gasteiger partial charge in [-0.05, 0) is 12.6 Å². The van der Waals surface area contributed by atoms with E-state index in [4.69, 9.17) is 0 Å². The molecule has 0 fully saturated rings. The third-order valence-corrected chi connectivity index (χ3v) is 4.43. The highest BCUT2D eigenvalue weighted by Gasteiger charge is 2.30. The maximum atomic E-state index is 4.46. The maximum absolute atomic E-state index is 4.46. The molecular formula is C17H24N4. The standard InChI is InChI=1S/C17H24N4/c1-17(13-18-2,15-6-4-3-5-7-15)14-20-10-11-21-9-8-19-16(21)12-20/h3-9,18H,10-14H2,1-2H3. The lowest BCUT2D eigenvalue weighted by atomic mass is 9.81. The Kier molecular flexibility index (Phi) is 4.08. The highest BCUT2D eigenvalue weighted by molar-refractivity contribution is 5.25. The van der Waals surface area contributed by atoms with Gasteiger partial charge in [0.25, 0.3) is 0 Å². The molecule has 1 aliphatic heterocycles. The third kappa shape index (κ3) is 3.01. The molecule has 0 aliphatic carbocycles. The van der Waals surface area contributed by atoms with Gasteiger partial charge in [0, 0.05) is 44.0 Å². The molecule has 4 heteroatoms. The van der Waals surface area contributed by atoms with Crippen molar-refractivity contribution in [2.45, 2.75) is 25.4 Å². The predicted molar refractivity (Wildman–Crippen MR) is 85.2 cm³/mol. The van der Waals surface area contributed by atoms with Crippen molar-refractivity contribution in [1.29, 1.82) is 0 Å². The minimum atomic E-state index is 0.116. The van der Waals surface area contributed by atoms with Crippen molar-refractivity contribution in [1.82, 2.24) is 19.8 Å². The molecule has 1 N–H and O–H groups in total. The van der Waals surface area contributed by atoms with E-state index in [0.717, 1.165) is 32.7 Å². The van der Waals surface area contributed by atoms with Crippen molar-refractivity contribution >= 4 is 0 Å². The molecule has 1 aromatic heterocycles. The van der Waals surface area contributed by atoms with E-state index in [2.05, 4.69) is 63.2 Å². The number of likely N-dealkylation sites (N-methyl/N-ethyl adjacent to an activating group) is 1. The Morgan fingerprint density at radius 1 is 1.24 bits per heavy atom. The van der Waals surface area contributed by atoms with Gasteiger partial charge in [0.2, 0.25) is 0 Å². The van der Waals surface area contributed by atoms with E-state index in [1.807, 2.05) is 13.2 Å². The Morgan fingerprint density at radius 3 is 2.81 bits per heavy atom. The zero-order chi connectivity index (χ0) is 14.7. The molecule has 0 spiro atoms. The van der Waals surface area contributed by atoms with E-state index >= 15 is 0 Å². The first-order chi connectivity index (χ1) is 10.2.